The molecule has 9 aromatic rings. The molecule has 1 fully saturated rings. The van der Waals surface area contributed by atoms with Crippen molar-refractivity contribution >= 4 is 39.0 Å². The highest BCUT2D eigenvalue weighted by atomic mass is 16.3. The number of rotatable bonds is 5. The molecule has 0 atom stereocenters. The molecule has 0 amide bonds. The van der Waals surface area contributed by atoms with Gasteiger partial charge in [-0.2, -0.15) is 0 Å². The van der Waals surface area contributed by atoms with Crippen LogP contribution in [0.3, 0.4) is 0 Å². The maximum atomic E-state index is 6.94. The monoisotopic (exact) mass is 745 g/mol. The van der Waals surface area contributed by atoms with Crippen LogP contribution >= 0.6 is 0 Å². The van der Waals surface area contributed by atoms with E-state index in [4.69, 9.17) is 4.42 Å². The van der Waals surface area contributed by atoms with Crippen LogP contribution in [0, 0.1) is 0 Å². The molecule has 1 spiro atoms. The highest BCUT2D eigenvalue weighted by Crippen LogP contribution is 2.59. The molecule has 0 N–H and O–H groups in total. The van der Waals surface area contributed by atoms with Gasteiger partial charge in [-0.05, 0) is 93.2 Å². The zero-order chi connectivity index (χ0) is 38.6. The van der Waals surface area contributed by atoms with Crippen LogP contribution in [-0.4, -0.2) is 0 Å². The zero-order valence-corrected chi connectivity index (χ0v) is 32.9. The van der Waals surface area contributed by atoms with Crippen molar-refractivity contribution < 1.29 is 4.42 Å². The van der Waals surface area contributed by atoms with Gasteiger partial charge in [0.25, 0.3) is 0 Å². The van der Waals surface area contributed by atoms with Crippen molar-refractivity contribution in [1.82, 2.24) is 0 Å². The molecule has 1 aromatic heterocycles. The molecule has 58 heavy (non-hydrogen) atoms. The van der Waals surface area contributed by atoms with Crippen molar-refractivity contribution in [1.29, 1.82) is 0 Å². The van der Waals surface area contributed by atoms with Crippen molar-refractivity contribution in [3.63, 3.8) is 0 Å². The Morgan fingerprint density at radius 1 is 0.431 bits per heavy atom. The van der Waals surface area contributed by atoms with E-state index in [1.165, 1.54) is 81.6 Å². The minimum atomic E-state index is -0.113. The van der Waals surface area contributed by atoms with E-state index < -0.39 is 0 Å². The van der Waals surface area contributed by atoms with Gasteiger partial charge >= 0.3 is 0 Å². The highest BCUT2D eigenvalue weighted by molar-refractivity contribution is 6.13. The largest absolute Gasteiger partial charge is 0.455 e. The number of anilines is 3. The summed E-state index contributed by atoms with van der Waals surface area (Å²) < 4.78 is 6.94. The van der Waals surface area contributed by atoms with Gasteiger partial charge in [-0.1, -0.05) is 172 Å². The number of para-hydroxylation sites is 2. The summed E-state index contributed by atoms with van der Waals surface area (Å²) in [5.41, 5.74) is 21.0. The van der Waals surface area contributed by atoms with Crippen molar-refractivity contribution in [3.05, 3.63) is 198 Å². The highest BCUT2D eigenvalue weighted by Gasteiger charge is 2.45. The molecule has 0 aliphatic heterocycles. The Labute approximate surface area is 340 Å². The zero-order valence-electron chi connectivity index (χ0n) is 32.9. The Hall–Kier alpha value is -6.64. The SMILES string of the molecule is CC1(C)c2ccccc2-c2c(N(c3cccc(-c4cccc5c4oc4c(-c6ccccc6)cccc45)c3)c3ccc4c(c3)C3(CCCC3)c3ccccc3-4)cccc21. The normalized spacial score (nSPS) is 15.4. The summed E-state index contributed by atoms with van der Waals surface area (Å²) in [5, 5.41) is 2.27. The van der Waals surface area contributed by atoms with Crippen LogP contribution in [0.25, 0.3) is 66.4 Å². The third kappa shape index (κ3) is 4.66. The van der Waals surface area contributed by atoms with Crippen LogP contribution < -0.4 is 4.90 Å². The average Bonchev–Trinajstić information content (AvgIpc) is 4.04. The van der Waals surface area contributed by atoms with E-state index >= 15 is 0 Å². The van der Waals surface area contributed by atoms with E-state index in [2.05, 4.69) is 195 Å². The molecule has 0 radical (unpaired) electrons. The Morgan fingerprint density at radius 3 is 1.78 bits per heavy atom. The second-order valence-corrected chi connectivity index (χ2v) is 17.2. The second kappa shape index (κ2) is 12.4. The molecule has 0 saturated heterocycles. The van der Waals surface area contributed by atoms with Crippen molar-refractivity contribution in [2.75, 3.05) is 4.90 Å². The van der Waals surface area contributed by atoms with Crippen LogP contribution in [0.5, 0.6) is 0 Å². The van der Waals surface area contributed by atoms with Crippen molar-refractivity contribution in [3.8, 4) is 44.5 Å². The van der Waals surface area contributed by atoms with E-state index in [-0.39, 0.29) is 10.8 Å². The molecule has 0 bridgehead atoms. The lowest BCUT2D eigenvalue weighted by molar-refractivity contribution is 0.550. The first-order chi connectivity index (χ1) is 28.5. The van der Waals surface area contributed by atoms with Gasteiger partial charge in [-0.15, -0.1) is 0 Å². The third-order valence-electron chi connectivity index (χ3n) is 13.8. The summed E-state index contributed by atoms with van der Waals surface area (Å²) in [4.78, 5) is 2.54. The summed E-state index contributed by atoms with van der Waals surface area (Å²) in [6.45, 7) is 4.75. The molecule has 278 valence electrons. The first kappa shape index (κ1) is 33.5. The lowest BCUT2D eigenvalue weighted by atomic mass is 9.76. The van der Waals surface area contributed by atoms with Gasteiger partial charge in [-0.3, -0.25) is 0 Å². The molecule has 12 rings (SSSR count). The van der Waals surface area contributed by atoms with Crippen molar-refractivity contribution in [2.45, 2.75) is 50.4 Å². The first-order valence-corrected chi connectivity index (χ1v) is 20.9. The van der Waals surface area contributed by atoms with Crippen LogP contribution in [0.4, 0.5) is 17.1 Å². The number of hydrogen-bond acceptors (Lipinski definition) is 2. The van der Waals surface area contributed by atoms with Crippen molar-refractivity contribution in [2.24, 2.45) is 0 Å². The predicted molar refractivity (Wildman–Crippen MR) is 242 cm³/mol. The van der Waals surface area contributed by atoms with E-state index in [9.17, 15) is 0 Å². The number of hydrogen-bond donors (Lipinski definition) is 0. The fourth-order valence-electron chi connectivity index (χ4n) is 11.2. The van der Waals surface area contributed by atoms with Gasteiger partial charge in [0.05, 0.1) is 5.69 Å². The van der Waals surface area contributed by atoms with Gasteiger partial charge in [0.15, 0.2) is 0 Å². The number of fused-ring (bicyclic) bond motifs is 11. The lowest BCUT2D eigenvalue weighted by Crippen LogP contribution is -2.21. The Morgan fingerprint density at radius 2 is 1.00 bits per heavy atom. The predicted octanol–water partition coefficient (Wildman–Crippen LogP) is 15.5. The van der Waals surface area contributed by atoms with Gasteiger partial charge in [-0.25, -0.2) is 0 Å². The number of benzene rings is 8. The Kier molecular flexibility index (Phi) is 7.18. The maximum absolute atomic E-state index is 6.94. The summed E-state index contributed by atoms with van der Waals surface area (Å²) >= 11 is 0. The summed E-state index contributed by atoms with van der Waals surface area (Å²) in [5.74, 6) is 0. The fourth-order valence-corrected chi connectivity index (χ4v) is 11.2. The van der Waals surface area contributed by atoms with E-state index in [0.29, 0.717) is 0 Å². The van der Waals surface area contributed by atoms with Crippen LogP contribution in [0.2, 0.25) is 0 Å². The van der Waals surface area contributed by atoms with Gasteiger partial charge < -0.3 is 9.32 Å². The summed E-state index contributed by atoms with van der Waals surface area (Å²) in [6.07, 6.45) is 4.93. The van der Waals surface area contributed by atoms with Crippen LogP contribution in [-0.2, 0) is 10.8 Å². The van der Waals surface area contributed by atoms with Crippen LogP contribution in [0.1, 0.15) is 61.8 Å². The summed E-state index contributed by atoms with van der Waals surface area (Å²) in [6, 6.07) is 65.2. The smallest absolute Gasteiger partial charge is 0.143 e. The molecular formula is C56H43NO. The molecule has 3 aliphatic rings. The molecule has 1 heterocycles. The number of nitrogens with zero attached hydrogens (tertiary/aromatic N) is 1. The summed E-state index contributed by atoms with van der Waals surface area (Å²) in [7, 11) is 0. The molecular weight excluding hydrogens is 703 g/mol. The second-order valence-electron chi connectivity index (χ2n) is 17.2. The lowest BCUT2D eigenvalue weighted by Gasteiger charge is -2.31. The van der Waals surface area contributed by atoms with Gasteiger partial charge in [0.2, 0.25) is 0 Å². The number of furan rings is 1. The van der Waals surface area contributed by atoms with E-state index in [1.807, 2.05) is 0 Å². The topological polar surface area (TPSA) is 16.4 Å². The molecule has 2 nitrogen and oxygen atoms in total. The van der Waals surface area contributed by atoms with Crippen LogP contribution in [0.15, 0.2) is 180 Å². The standard InChI is InChI=1S/C56H43NO/c1-55(2)47-26-8-7-21-46(47)52-49(55)28-15-29-51(52)57(39-30-31-43-42-20-6-9-27-48(42)56(50(43)35-39)32-10-11-33-56)38-19-12-18-37(34-38)41-23-14-25-45-44-24-13-22-40(53(44)58-54(41)45)36-16-4-3-5-17-36/h3-9,12-31,34-35H,10-11,32-33H2,1-2H3. The molecule has 3 aliphatic carbocycles. The maximum Gasteiger partial charge on any atom is 0.143 e. The van der Waals surface area contributed by atoms with E-state index in [1.54, 1.807) is 0 Å². The minimum Gasteiger partial charge on any atom is -0.455 e. The Bertz CT molecular complexity index is 3100. The van der Waals surface area contributed by atoms with Gasteiger partial charge in [0.1, 0.15) is 11.2 Å². The third-order valence-corrected chi connectivity index (χ3v) is 13.8. The average molecular weight is 746 g/mol. The quantitative estimate of drug-likeness (QED) is 0.174. The van der Waals surface area contributed by atoms with Gasteiger partial charge in [0, 0.05) is 49.7 Å². The molecule has 0 unspecified atom stereocenters. The molecule has 1 saturated carbocycles. The Balaban J connectivity index is 1.08. The first-order valence-electron chi connectivity index (χ1n) is 20.9. The van der Waals surface area contributed by atoms with E-state index in [0.717, 1.165) is 49.9 Å². The fraction of sp³-hybridized carbons (Fsp3) is 0.143. The minimum absolute atomic E-state index is 0.0677. The molecule has 2 heteroatoms. The molecule has 8 aromatic carbocycles.